The smallest absolute Gasteiger partial charge is 0.118 e. The maximum atomic E-state index is 9.88. The van der Waals surface area contributed by atoms with Crippen LogP contribution in [0, 0.1) is 19.8 Å². The van der Waals surface area contributed by atoms with Gasteiger partial charge in [-0.25, -0.2) is 0 Å². The molecule has 2 heteroatoms. The third-order valence-corrected chi connectivity index (χ3v) is 5.08. The molecule has 2 aromatic carbocycles. The average Bonchev–Trinajstić information content (AvgIpc) is 2.57. The Hall–Kier alpha value is -1.96. The van der Waals surface area contributed by atoms with Gasteiger partial charge in [0.1, 0.15) is 11.5 Å². The lowest BCUT2D eigenvalue weighted by Crippen LogP contribution is -2.14. The minimum atomic E-state index is 0.292. The lowest BCUT2D eigenvalue weighted by atomic mass is 9.76. The van der Waals surface area contributed by atoms with Gasteiger partial charge in [-0.05, 0) is 60.6 Å². The molecule has 0 radical (unpaired) electrons. The zero-order valence-corrected chi connectivity index (χ0v) is 15.3. The zero-order chi connectivity index (χ0) is 17.7. The van der Waals surface area contributed by atoms with Crippen molar-refractivity contribution in [3.05, 3.63) is 58.7 Å². The summed E-state index contributed by atoms with van der Waals surface area (Å²) >= 11 is 0. The molecular weight excluding hydrogens is 296 g/mol. The van der Waals surface area contributed by atoms with Gasteiger partial charge in [0.2, 0.25) is 0 Å². The van der Waals surface area contributed by atoms with Crippen molar-refractivity contribution in [1.82, 2.24) is 0 Å². The lowest BCUT2D eigenvalue weighted by molar-refractivity contribution is 0.404. The maximum absolute atomic E-state index is 9.88. The van der Waals surface area contributed by atoms with Crippen LogP contribution in [0.1, 0.15) is 67.7 Å². The molecule has 0 saturated carbocycles. The fourth-order valence-electron chi connectivity index (χ4n) is 3.55. The highest BCUT2D eigenvalue weighted by Gasteiger charge is 2.24. The Morgan fingerprint density at radius 3 is 1.71 bits per heavy atom. The summed E-state index contributed by atoms with van der Waals surface area (Å²) in [6.07, 6.45) is 4.73. The molecule has 130 valence electrons. The summed E-state index contributed by atoms with van der Waals surface area (Å²) in [4.78, 5) is 0. The first-order valence-electron chi connectivity index (χ1n) is 9.06. The number of rotatable bonds is 7. The van der Waals surface area contributed by atoms with Crippen molar-refractivity contribution in [2.75, 3.05) is 0 Å². The quantitative estimate of drug-likeness (QED) is 0.649. The van der Waals surface area contributed by atoms with Crippen molar-refractivity contribution in [1.29, 1.82) is 0 Å². The van der Waals surface area contributed by atoms with E-state index in [2.05, 4.69) is 26.0 Å². The molecular formula is C22H30O2. The van der Waals surface area contributed by atoms with Crippen molar-refractivity contribution < 1.29 is 10.2 Å². The van der Waals surface area contributed by atoms with Gasteiger partial charge in [0.15, 0.2) is 0 Å². The number of hydrogen-bond acceptors (Lipinski definition) is 2. The molecule has 2 aromatic rings. The summed E-state index contributed by atoms with van der Waals surface area (Å²) in [5, 5.41) is 19.8. The van der Waals surface area contributed by atoms with Gasteiger partial charge in [0.25, 0.3) is 0 Å². The van der Waals surface area contributed by atoms with Crippen LogP contribution in [0.2, 0.25) is 0 Å². The molecule has 0 amide bonds. The highest BCUT2D eigenvalue weighted by molar-refractivity contribution is 5.44. The molecule has 0 aliphatic carbocycles. The lowest BCUT2D eigenvalue weighted by Gasteiger charge is -2.28. The van der Waals surface area contributed by atoms with Gasteiger partial charge in [-0.1, -0.05) is 57.4 Å². The van der Waals surface area contributed by atoms with Crippen LogP contribution in [0.25, 0.3) is 0 Å². The molecule has 1 atom stereocenters. The van der Waals surface area contributed by atoms with Gasteiger partial charge in [0.05, 0.1) is 0 Å². The Labute approximate surface area is 146 Å². The summed E-state index contributed by atoms with van der Waals surface area (Å²) in [7, 11) is 0. The first-order valence-corrected chi connectivity index (χ1v) is 9.06. The molecule has 1 unspecified atom stereocenters. The van der Waals surface area contributed by atoms with E-state index in [1.807, 2.05) is 26.0 Å². The number of unbranched alkanes of at least 4 members (excludes halogenated alkanes) is 1. The molecule has 2 N–H and O–H groups in total. The van der Waals surface area contributed by atoms with E-state index in [1.165, 1.54) is 30.4 Å². The Morgan fingerprint density at radius 1 is 0.833 bits per heavy atom. The van der Waals surface area contributed by atoms with Crippen molar-refractivity contribution in [3.8, 4) is 11.5 Å². The van der Waals surface area contributed by atoms with E-state index >= 15 is 0 Å². The number of aromatic hydroxyl groups is 2. The minimum absolute atomic E-state index is 0.292. The van der Waals surface area contributed by atoms with Crippen LogP contribution in [0.15, 0.2) is 36.4 Å². The molecule has 0 aliphatic rings. The molecule has 2 nitrogen and oxygen atoms in total. The van der Waals surface area contributed by atoms with E-state index in [9.17, 15) is 10.2 Å². The number of phenols is 2. The van der Waals surface area contributed by atoms with Crippen molar-refractivity contribution in [2.45, 2.75) is 59.3 Å². The Balaban J connectivity index is 2.50. The Kier molecular flexibility index (Phi) is 6.30. The van der Waals surface area contributed by atoms with Gasteiger partial charge in [-0.2, -0.15) is 0 Å². The van der Waals surface area contributed by atoms with Crippen molar-refractivity contribution in [2.24, 2.45) is 5.92 Å². The third-order valence-electron chi connectivity index (χ3n) is 5.08. The summed E-state index contributed by atoms with van der Waals surface area (Å²) in [6, 6.07) is 11.9. The predicted molar refractivity (Wildman–Crippen MR) is 101 cm³/mol. The second-order valence-electron chi connectivity index (χ2n) is 6.88. The molecule has 0 saturated heterocycles. The van der Waals surface area contributed by atoms with E-state index in [4.69, 9.17) is 0 Å². The average molecular weight is 326 g/mol. The van der Waals surface area contributed by atoms with Gasteiger partial charge >= 0.3 is 0 Å². The first-order chi connectivity index (χ1) is 11.5. The highest BCUT2D eigenvalue weighted by atomic mass is 16.3. The number of phenolic OH excluding ortho intramolecular Hbond substituents is 2. The van der Waals surface area contributed by atoms with Crippen LogP contribution in [-0.2, 0) is 0 Å². The number of aryl methyl sites for hydroxylation is 2. The van der Waals surface area contributed by atoms with Gasteiger partial charge in [-0.15, -0.1) is 0 Å². The van der Waals surface area contributed by atoms with E-state index in [0.29, 0.717) is 23.3 Å². The summed E-state index contributed by atoms with van der Waals surface area (Å²) in [5.41, 5.74) is 4.33. The summed E-state index contributed by atoms with van der Waals surface area (Å²) in [5.74, 6) is 1.54. The third kappa shape index (κ3) is 4.11. The second-order valence-corrected chi connectivity index (χ2v) is 6.88. The molecule has 2 rings (SSSR count). The van der Waals surface area contributed by atoms with Crippen LogP contribution >= 0.6 is 0 Å². The molecule has 0 heterocycles. The zero-order valence-electron chi connectivity index (χ0n) is 15.3. The van der Waals surface area contributed by atoms with Crippen LogP contribution in [-0.4, -0.2) is 10.2 Å². The van der Waals surface area contributed by atoms with Crippen LogP contribution in [0.4, 0.5) is 0 Å². The molecule has 0 spiro atoms. The van der Waals surface area contributed by atoms with E-state index in [0.717, 1.165) is 17.5 Å². The normalized spacial score (nSPS) is 12.5. The number of hydrogen-bond donors (Lipinski definition) is 2. The van der Waals surface area contributed by atoms with Crippen molar-refractivity contribution in [3.63, 3.8) is 0 Å². The fraction of sp³-hybridized carbons (Fsp3) is 0.455. The summed E-state index contributed by atoms with van der Waals surface area (Å²) in [6.45, 7) is 8.39. The monoisotopic (exact) mass is 326 g/mol. The largest absolute Gasteiger partial charge is 0.508 e. The van der Waals surface area contributed by atoms with E-state index < -0.39 is 0 Å². The Morgan fingerprint density at radius 2 is 1.33 bits per heavy atom. The minimum Gasteiger partial charge on any atom is -0.508 e. The fourth-order valence-corrected chi connectivity index (χ4v) is 3.55. The first kappa shape index (κ1) is 18.4. The predicted octanol–water partition coefficient (Wildman–Crippen LogP) is 6.06. The topological polar surface area (TPSA) is 40.5 Å². The molecule has 0 bridgehead atoms. The van der Waals surface area contributed by atoms with Crippen LogP contribution < -0.4 is 0 Å². The molecule has 0 fully saturated rings. The molecule has 0 aliphatic heterocycles. The van der Waals surface area contributed by atoms with Gasteiger partial charge < -0.3 is 10.2 Å². The summed E-state index contributed by atoms with van der Waals surface area (Å²) < 4.78 is 0. The highest BCUT2D eigenvalue weighted by Crippen LogP contribution is 2.39. The SMILES string of the molecule is CCCCC(CC)C(c1ccc(O)c(C)c1)c1ccc(O)c(C)c1. The maximum Gasteiger partial charge on any atom is 0.118 e. The molecule has 0 aromatic heterocycles. The van der Waals surface area contributed by atoms with E-state index in [-0.39, 0.29) is 0 Å². The number of benzene rings is 2. The van der Waals surface area contributed by atoms with Crippen LogP contribution in [0.5, 0.6) is 11.5 Å². The molecule has 24 heavy (non-hydrogen) atoms. The Bertz CT molecular complexity index is 624. The van der Waals surface area contributed by atoms with Crippen LogP contribution in [0.3, 0.4) is 0 Å². The second kappa shape index (κ2) is 8.23. The van der Waals surface area contributed by atoms with Crippen molar-refractivity contribution >= 4 is 0 Å². The van der Waals surface area contributed by atoms with Gasteiger partial charge in [-0.3, -0.25) is 0 Å². The van der Waals surface area contributed by atoms with E-state index in [1.54, 1.807) is 12.1 Å². The standard InChI is InChI=1S/C22H30O2/c1-5-7-8-17(6-2)22(18-9-11-20(23)15(3)13-18)19-10-12-21(24)16(4)14-19/h9-14,17,22-24H,5-8H2,1-4H3. The van der Waals surface area contributed by atoms with Gasteiger partial charge in [0, 0.05) is 5.92 Å².